The van der Waals surface area contributed by atoms with Crippen LogP contribution in [0.1, 0.15) is 43.2 Å². The summed E-state index contributed by atoms with van der Waals surface area (Å²) in [6.45, 7) is 2.53. The Balaban J connectivity index is 1.74. The fourth-order valence-electron chi connectivity index (χ4n) is 2.80. The van der Waals surface area contributed by atoms with Crippen molar-refractivity contribution in [3.8, 4) is 0 Å². The van der Waals surface area contributed by atoms with Crippen LogP contribution in [0.4, 0.5) is 0 Å². The predicted molar refractivity (Wildman–Crippen MR) is 81.0 cm³/mol. The molecule has 0 unspecified atom stereocenters. The lowest BCUT2D eigenvalue weighted by Crippen LogP contribution is -2.43. The summed E-state index contributed by atoms with van der Waals surface area (Å²) in [5, 5.41) is 11.9. The quantitative estimate of drug-likeness (QED) is 0.811. The molecule has 2 rings (SSSR count). The summed E-state index contributed by atoms with van der Waals surface area (Å²) in [5.74, 6) is -0.768. The predicted octanol–water partition coefficient (Wildman–Crippen LogP) is 2.69. The second-order valence-electron chi connectivity index (χ2n) is 6.19. The summed E-state index contributed by atoms with van der Waals surface area (Å²) in [7, 11) is 0. The van der Waals surface area contributed by atoms with Crippen LogP contribution in [0.5, 0.6) is 0 Å². The first-order valence-electron chi connectivity index (χ1n) is 7.53. The Morgan fingerprint density at radius 2 is 1.90 bits per heavy atom. The zero-order valence-electron chi connectivity index (χ0n) is 12.5. The summed E-state index contributed by atoms with van der Waals surface area (Å²) in [5.41, 5.74) is 2.16. The molecule has 1 aliphatic carbocycles. The van der Waals surface area contributed by atoms with Crippen LogP contribution < -0.4 is 5.32 Å². The van der Waals surface area contributed by atoms with Crippen LogP contribution >= 0.6 is 0 Å². The maximum Gasteiger partial charge on any atom is 0.303 e. The maximum absolute atomic E-state index is 11.9. The Bertz CT molecular complexity index is 503. The standard InChI is InChI=1S/C17H23NO3/c1-13-3-5-14(6-4-13)7-8-15(19)18-12-17(9-2-10-17)11-16(20)21/h3-6H,2,7-12H2,1H3,(H,18,19)(H,20,21). The molecule has 1 amide bonds. The van der Waals surface area contributed by atoms with Crippen LogP contribution in [0, 0.1) is 12.3 Å². The highest BCUT2D eigenvalue weighted by Gasteiger charge is 2.39. The van der Waals surface area contributed by atoms with Crippen LogP contribution in [-0.4, -0.2) is 23.5 Å². The average molecular weight is 289 g/mol. The smallest absolute Gasteiger partial charge is 0.303 e. The molecule has 1 saturated carbocycles. The molecule has 0 radical (unpaired) electrons. The van der Waals surface area contributed by atoms with E-state index in [1.165, 1.54) is 5.56 Å². The number of carbonyl (C=O) groups excluding carboxylic acids is 1. The van der Waals surface area contributed by atoms with E-state index < -0.39 is 5.97 Å². The Labute approximate surface area is 125 Å². The molecule has 0 heterocycles. The monoisotopic (exact) mass is 289 g/mol. The summed E-state index contributed by atoms with van der Waals surface area (Å²) in [6.07, 6.45) is 4.19. The van der Waals surface area contributed by atoms with Gasteiger partial charge in [0.25, 0.3) is 0 Å². The van der Waals surface area contributed by atoms with Crippen molar-refractivity contribution >= 4 is 11.9 Å². The number of carboxylic acid groups (broad SMARTS) is 1. The molecular weight excluding hydrogens is 266 g/mol. The first-order valence-corrected chi connectivity index (χ1v) is 7.53. The van der Waals surface area contributed by atoms with Crippen LogP contribution in [-0.2, 0) is 16.0 Å². The van der Waals surface area contributed by atoms with Gasteiger partial charge in [0.2, 0.25) is 5.91 Å². The van der Waals surface area contributed by atoms with E-state index in [0.717, 1.165) is 31.2 Å². The van der Waals surface area contributed by atoms with Crippen molar-refractivity contribution in [3.05, 3.63) is 35.4 Å². The van der Waals surface area contributed by atoms with E-state index >= 15 is 0 Å². The Morgan fingerprint density at radius 3 is 2.43 bits per heavy atom. The molecule has 0 saturated heterocycles. The lowest BCUT2D eigenvalue weighted by molar-refractivity contribution is -0.141. The van der Waals surface area contributed by atoms with Gasteiger partial charge in [-0.1, -0.05) is 36.2 Å². The largest absolute Gasteiger partial charge is 0.481 e. The topological polar surface area (TPSA) is 66.4 Å². The fraction of sp³-hybridized carbons (Fsp3) is 0.529. The van der Waals surface area contributed by atoms with Gasteiger partial charge in [0, 0.05) is 13.0 Å². The summed E-state index contributed by atoms with van der Waals surface area (Å²) >= 11 is 0. The fourth-order valence-corrected chi connectivity index (χ4v) is 2.80. The summed E-state index contributed by atoms with van der Waals surface area (Å²) in [6, 6.07) is 8.17. The Morgan fingerprint density at radius 1 is 1.24 bits per heavy atom. The van der Waals surface area contributed by atoms with Gasteiger partial charge in [-0.3, -0.25) is 9.59 Å². The lowest BCUT2D eigenvalue weighted by atomic mass is 9.66. The molecule has 4 nitrogen and oxygen atoms in total. The van der Waals surface area contributed by atoms with Crippen molar-refractivity contribution in [1.29, 1.82) is 0 Å². The van der Waals surface area contributed by atoms with Crippen molar-refractivity contribution in [3.63, 3.8) is 0 Å². The van der Waals surface area contributed by atoms with E-state index in [9.17, 15) is 9.59 Å². The third kappa shape index (κ3) is 4.59. The van der Waals surface area contributed by atoms with Gasteiger partial charge >= 0.3 is 5.97 Å². The van der Waals surface area contributed by atoms with E-state index in [1.807, 2.05) is 31.2 Å². The highest BCUT2D eigenvalue weighted by Crippen LogP contribution is 2.43. The van der Waals surface area contributed by atoms with Crippen molar-refractivity contribution in [2.45, 2.75) is 45.4 Å². The molecule has 1 aliphatic rings. The number of hydrogen-bond donors (Lipinski definition) is 2. The molecule has 0 bridgehead atoms. The molecule has 0 aromatic heterocycles. The Hall–Kier alpha value is -1.84. The zero-order valence-corrected chi connectivity index (χ0v) is 12.5. The van der Waals surface area contributed by atoms with Crippen LogP contribution in [0.3, 0.4) is 0 Å². The molecule has 21 heavy (non-hydrogen) atoms. The number of carbonyl (C=O) groups is 2. The zero-order chi connectivity index (χ0) is 15.3. The minimum absolute atomic E-state index is 0.00670. The lowest BCUT2D eigenvalue weighted by Gasteiger charge is -2.40. The SMILES string of the molecule is Cc1ccc(CCC(=O)NCC2(CC(=O)O)CCC2)cc1. The normalized spacial score (nSPS) is 16.0. The van der Waals surface area contributed by atoms with Gasteiger partial charge in [0.05, 0.1) is 6.42 Å². The van der Waals surface area contributed by atoms with E-state index in [4.69, 9.17) is 5.11 Å². The molecule has 2 N–H and O–H groups in total. The average Bonchev–Trinajstić information content (AvgIpc) is 2.40. The molecule has 0 atom stereocenters. The molecule has 0 spiro atoms. The number of benzene rings is 1. The number of nitrogens with one attached hydrogen (secondary N) is 1. The Kier molecular flexibility index (Phi) is 4.99. The molecule has 114 valence electrons. The number of rotatable bonds is 7. The first-order chi connectivity index (χ1) is 9.99. The van der Waals surface area contributed by atoms with Gasteiger partial charge in [-0.15, -0.1) is 0 Å². The third-order valence-electron chi connectivity index (χ3n) is 4.36. The van der Waals surface area contributed by atoms with Gasteiger partial charge in [-0.25, -0.2) is 0 Å². The molecule has 1 aromatic rings. The van der Waals surface area contributed by atoms with E-state index in [2.05, 4.69) is 5.32 Å². The highest BCUT2D eigenvalue weighted by molar-refractivity contribution is 5.76. The first kappa shape index (κ1) is 15.5. The van der Waals surface area contributed by atoms with Crippen molar-refractivity contribution in [2.75, 3.05) is 6.54 Å². The second kappa shape index (κ2) is 6.74. The summed E-state index contributed by atoms with van der Waals surface area (Å²) in [4.78, 5) is 22.8. The molecular formula is C17H23NO3. The van der Waals surface area contributed by atoms with Crippen LogP contribution in [0.2, 0.25) is 0 Å². The number of aliphatic carboxylic acids is 1. The van der Waals surface area contributed by atoms with Gasteiger partial charge in [0.1, 0.15) is 0 Å². The molecule has 1 fully saturated rings. The van der Waals surface area contributed by atoms with E-state index in [1.54, 1.807) is 0 Å². The van der Waals surface area contributed by atoms with Gasteiger partial charge in [-0.2, -0.15) is 0 Å². The minimum Gasteiger partial charge on any atom is -0.481 e. The number of hydrogen-bond acceptors (Lipinski definition) is 2. The molecule has 4 heteroatoms. The van der Waals surface area contributed by atoms with E-state index in [0.29, 0.717) is 13.0 Å². The number of carboxylic acids is 1. The van der Waals surface area contributed by atoms with Crippen LogP contribution in [0.15, 0.2) is 24.3 Å². The maximum atomic E-state index is 11.9. The van der Waals surface area contributed by atoms with Crippen molar-refractivity contribution in [2.24, 2.45) is 5.41 Å². The molecule has 1 aromatic carbocycles. The minimum atomic E-state index is -0.774. The third-order valence-corrected chi connectivity index (χ3v) is 4.36. The number of amides is 1. The van der Waals surface area contributed by atoms with Crippen molar-refractivity contribution < 1.29 is 14.7 Å². The van der Waals surface area contributed by atoms with E-state index in [-0.39, 0.29) is 17.7 Å². The molecule has 0 aliphatic heterocycles. The van der Waals surface area contributed by atoms with Gasteiger partial charge in [0.15, 0.2) is 0 Å². The van der Waals surface area contributed by atoms with Gasteiger partial charge in [-0.05, 0) is 37.2 Å². The second-order valence-corrected chi connectivity index (χ2v) is 6.19. The van der Waals surface area contributed by atoms with Gasteiger partial charge < -0.3 is 10.4 Å². The van der Waals surface area contributed by atoms with Crippen molar-refractivity contribution in [1.82, 2.24) is 5.32 Å². The highest BCUT2D eigenvalue weighted by atomic mass is 16.4. The number of aryl methyl sites for hydroxylation is 2. The summed E-state index contributed by atoms with van der Waals surface area (Å²) < 4.78 is 0. The van der Waals surface area contributed by atoms with Crippen LogP contribution in [0.25, 0.3) is 0 Å².